The third-order valence-electron chi connectivity index (χ3n) is 1.76. The Morgan fingerprint density at radius 3 is 2.43 bits per heavy atom. The van der Waals surface area contributed by atoms with Crippen LogP contribution in [0.5, 0.6) is 0 Å². The van der Waals surface area contributed by atoms with Gasteiger partial charge in [0.1, 0.15) is 0 Å². The molecule has 0 aromatic carbocycles. The number of nitrogens with two attached hydrogens (primary N) is 1. The number of aromatic nitrogens is 1. The lowest BCUT2D eigenvalue weighted by Gasteiger charge is -2.05. The lowest BCUT2D eigenvalue weighted by molar-refractivity contribution is -0.138. The van der Waals surface area contributed by atoms with Crippen LogP contribution in [0.1, 0.15) is 11.1 Å². The van der Waals surface area contributed by atoms with E-state index in [1.807, 2.05) is 0 Å². The number of hydrogen-bond acceptors (Lipinski definition) is 1. The van der Waals surface area contributed by atoms with Crippen LogP contribution in [0.4, 0.5) is 13.2 Å². The SMILES string of the molecule is C#CCn1cc(CN)c(C(F)(F)F)c1. The van der Waals surface area contributed by atoms with Gasteiger partial charge in [0.05, 0.1) is 12.1 Å². The molecule has 0 spiro atoms. The molecule has 1 aromatic rings. The van der Waals surface area contributed by atoms with Crippen molar-refractivity contribution in [1.29, 1.82) is 0 Å². The van der Waals surface area contributed by atoms with Gasteiger partial charge >= 0.3 is 6.18 Å². The fraction of sp³-hybridized carbons (Fsp3) is 0.333. The molecular weight excluding hydrogens is 193 g/mol. The molecule has 0 unspecified atom stereocenters. The van der Waals surface area contributed by atoms with Gasteiger partial charge in [-0.25, -0.2) is 0 Å². The minimum atomic E-state index is -4.37. The number of alkyl halides is 3. The largest absolute Gasteiger partial charge is 0.418 e. The average Bonchev–Trinajstić information content (AvgIpc) is 2.47. The molecule has 0 radical (unpaired) electrons. The van der Waals surface area contributed by atoms with Gasteiger partial charge in [0.15, 0.2) is 0 Å². The zero-order valence-electron chi connectivity index (χ0n) is 7.30. The molecule has 0 bridgehead atoms. The van der Waals surface area contributed by atoms with Crippen molar-refractivity contribution in [2.45, 2.75) is 19.3 Å². The molecule has 0 aliphatic carbocycles. The van der Waals surface area contributed by atoms with Crippen molar-refractivity contribution < 1.29 is 13.2 Å². The molecule has 0 aliphatic rings. The highest BCUT2D eigenvalue weighted by atomic mass is 19.4. The predicted octanol–water partition coefficient (Wildman–Crippen LogP) is 1.60. The molecule has 0 fully saturated rings. The van der Waals surface area contributed by atoms with Gasteiger partial charge < -0.3 is 10.3 Å². The molecular formula is C9H9F3N2. The maximum Gasteiger partial charge on any atom is 0.418 e. The van der Waals surface area contributed by atoms with E-state index in [9.17, 15) is 13.2 Å². The van der Waals surface area contributed by atoms with Crippen LogP contribution in [-0.4, -0.2) is 4.57 Å². The third-order valence-corrected chi connectivity index (χ3v) is 1.76. The summed E-state index contributed by atoms with van der Waals surface area (Å²) >= 11 is 0. The third kappa shape index (κ3) is 2.09. The van der Waals surface area contributed by atoms with E-state index >= 15 is 0 Å². The van der Waals surface area contributed by atoms with Crippen molar-refractivity contribution in [3.63, 3.8) is 0 Å². The van der Waals surface area contributed by atoms with Gasteiger partial charge in [-0.05, 0) is 5.56 Å². The smallest absolute Gasteiger partial charge is 0.342 e. The lowest BCUT2D eigenvalue weighted by Crippen LogP contribution is -2.09. The van der Waals surface area contributed by atoms with Crippen LogP contribution in [0, 0.1) is 12.3 Å². The predicted molar refractivity (Wildman–Crippen MR) is 46.2 cm³/mol. The van der Waals surface area contributed by atoms with Crippen LogP contribution in [0.2, 0.25) is 0 Å². The molecule has 0 amide bonds. The first kappa shape index (κ1) is 10.7. The van der Waals surface area contributed by atoms with Crippen LogP contribution in [0.15, 0.2) is 12.4 Å². The zero-order valence-corrected chi connectivity index (χ0v) is 7.30. The van der Waals surface area contributed by atoms with E-state index in [4.69, 9.17) is 12.2 Å². The second kappa shape index (κ2) is 3.76. The first-order valence-corrected chi connectivity index (χ1v) is 3.88. The van der Waals surface area contributed by atoms with Gasteiger partial charge in [0.25, 0.3) is 0 Å². The maximum absolute atomic E-state index is 12.4. The Balaban J connectivity index is 3.10. The molecule has 1 aromatic heterocycles. The Kier molecular flexibility index (Phi) is 2.87. The van der Waals surface area contributed by atoms with Gasteiger partial charge in [-0.3, -0.25) is 0 Å². The summed E-state index contributed by atoms with van der Waals surface area (Å²) in [6, 6.07) is 0. The minimum absolute atomic E-state index is 0.0627. The number of terminal acetylenes is 1. The lowest BCUT2D eigenvalue weighted by atomic mass is 10.2. The van der Waals surface area contributed by atoms with Crippen molar-refractivity contribution in [2.24, 2.45) is 5.73 Å². The fourth-order valence-corrected chi connectivity index (χ4v) is 1.17. The number of rotatable bonds is 2. The van der Waals surface area contributed by atoms with Crippen LogP contribution in [-0.2, 0) is 19.3 Å². The van der Waals surface area contributed by atoms with E-state index in [2.05, 4.69) is 5.92 Å². The Bertz CT molecular complexity index is 357. The second-order valence-corrected chi connectivity index (χ2v) is 2.78. The fourth-order valence-electron chi connectivity index (χ4n) is 1.17. The highest BCUT2D eigenvalue weighted by Crippen LogP contribution is 2.32. The molecule has 1 rings (SSSR count). The summed E-state index contributed by atoms with van der Waals surface area (Å²) in [5.41, 5.74) is 4.54. The molecule has 76 valence electrons. The molecule has 14 heavy (non-hydrogen) atoms. The Labute approximate surface area is 79.5 Å². The van der Waals surface area contributed by atoms with E-state index in [1.165, 1.54) is 10.8 Å². The zero-order chi connectivity index (χ0) is 10.8. The van der Waals surface area contributed by atoms with Gasteiger partial charge in [-0.15, -0.1) is 6.42 Å². The Morgan fingerprint density at radius 2 is 2.07 bits per heavy atom. The first-order chi connectivity index (χ1) is 6.49. The topological polar surface area (TPSA) is 30.9 Å². The maximum atomic E-state index is 12.4. The van der Waals surface area contributed by atoms with E-state index in [0.29, 0.717) is 0 Å². The van der Waals surface area contributed by atoms with Crippen molar-refractivity contribution >= 4 is 0 Å². The highest BCUT2D eigenvalue weighted by molar-refractivity contribution is 5.27. The minimum Gasteiger partial charge on any atom is -0.342 e. The molecule has 0 saturated heterocycles. The van der Waals surface area contributed by atoms with Crippen LogP contribution in [0.3, 0.4) is 0 Å². The van der Waals surface area contributed by atoms with E-state index < -0.39 is 11.7 Å². The van der Waals surface area contributed by atoms with Gasteiger partial charge in [0, 0.05) is 18.9 Å². The standard InChI is InChI=1S/C9H9F3N2/c1-2-3-14-5-7(4-13)8(6-14)9(10,11)12/h1,5-6H,3-4,13H2. The quantitative estimate of drug-likeness (QED) is 0.725. The summed E-state index contributed by atoms with van der Waals surface area (Å²) in [5, 5.41) is 0. The van der Waals surface area contributed by atoms with E-state index in [0.717, 1.165) is 6.20 Å². The van der Waals surface area contributed by atoms with Gasteiger partial charge in [-0.2, -0.15) is 13.2 Å². The Morgan fingerprint density at radius 1 is 1.43 bits per heavy atom. The van der Waals surface area contributed by atoms with Crippen molar-refractivity contribution in [1.82, 2.24) is 4.57 Å². The van der Waals surface area contributed by atoms with Crippen LogP contribution < -0.4 is 5.73 Å². The summed E-state index contributed by atoms with van der Waals surface area (Å²) < 4.78 is 38.4. The Hall–Kier alpha value is -1.41. The summed E-state index contributed by atoms with van der Waals surface area (Å²) in [6.07, 6.45) is 2.92. The van der Waals surface area contributed by atoms with Crippen LogP contribution in [0.25, 0.3) is 0 Å². The van der Waals surface area contributed by atoms with Crippen molar-refractivity contribution in [2.75, 3.05) is 0 Å². The number of hydrogen-bond donors (Lipinski definition) is 1. The first-order valence-electron chi connectivity index (χ1n) is 3.88. The average molecular weight is 202 g/mol. The molecule has 1 heterocycles. The normalized spacial score (nSPS) is 11.4. The van der Waals surface area contributed by atoms with Gasteiger partial charge in [0.2, 0.25) is 0 Å². The molecule has 5 heteroatoms. The van der Waals surface area contributed by atoms with E-state index in [1.54, 1.807) is 0 Å². The molecule has 0 aliphatic heterocycles. The summed E-state index contributed by atoms with van der Waals surface area (Å²) in [6.45, 7) is -0.0322. The molecule has 2 N–H and O–H groups in total. The van der Waals surface area contributed by atoms with Crippen molar-refractivity contribution in [3.05, 3.63) is 23.5 Å². The van der Waals surface area contributed by atoms with E-state index in [-0.39, 0.29) is 18.7 Å². The monoisotopic (exact) mass is 202 g/mol. The highest BCUT2D eigenvalue weighted by Gasteiger charge is 2.34. The molecule has 0 saturated carbocycles. The van der Waals surface area contributed by atoms with Crippen molar-refractivity contribution in [3.8, 4) is 12.3 Å². The number of nitrogens with zero attached hydrogens (tertiary/aromatic N) is 1. The molecule has 2 nitrogen and oxygen atoms in total. The summed E-state index contributed by atoms with van der Waals surface area (Å²) in [5.74, 6) is 2.25. The second-order valence-electron chi connectivity index (χ2n) is 2.78. The summed E-state index contributed by atoms with van der Waals surface area (Å²) in [4.78, 5) is 0. The van der Waals surface area contributed by atoms with Gasteiger partial charge in [-0.1, -0.05) is 5.92 Å². The molecule has 0 atom stereocenters. The number of halogens is 3. The van der Waals surface area contributed by atoms with Crippen LogP contribution >= 0.6 is 0 Å². The summed E-state index contributed by atoms with van der Waals surface area (Å²) in [7, 11) is 0.